The second-order valence-electron chi connectivity index (χ2n) is 6.02. The first-order valence-corrected chi connectivity index (χ1v) is 9.23. The molecular formula is C20H20F2N2OS. The first-order valence-electron chi connectivity index (χ1n) is 8.35. The fourth-order valence-electron chi connectivity index (χ4n) is 2.65. The normalized spacial score (nSPS) is 11.1. The molecule has 0 radical (unpaired) electrons. The predicted molar refractivity (Wildman–Crippen MR) is 100 cm³/mol. The van der Waals surface area contributed by atoms with E-state index in [1.807, 2.05) is 48.5 Å². The molecule has 0 amide bonds. The number of benzene rings is 2. The van der Waals surface area contributed by atoms with E-state index in [1.165, 1.54) is 6.07 Å². The highest BCUT2D eigenvalue weighted by Crippen LogP contribution is 2.26. The van der Waals surface area contributed by atoms with Gasteiger partial charge in [0, 0.05) is 24.0 Å². The van der Waals surface area contributed by atoms with Gasteiger partial charge in [-0.2, -0.15) is 0 Å². The van der Waals surface area contributed by atoms with E-state index in [0.717, 1.165) is 33.6 Å². The Labute approximate surface area is 155 Å². The minimum absolute atomic E-state index is 0.521. The molecule has 0 aliphatic rings. The van der Waals surface area contributed by atoms with Crippen LogP contribution in [0.2, 0.25) is 0 Å². The molecule has 3 rings (SSSR count). The predicted octanol–water partition coefficient (Wildman–Crippen LogP) is 5.12. The van der Waals surface area contributed by atoms with E-state index in [-0.39, 0.29) is 0 Å². The average molecular weight is 374 g/mol. The number of halogens is 2. The van der Waals surface area contributed by atoms with Gasteiger partial charge in [0.15, 0.2) is 11.6 Å². The standard InChI is InChI=1S/C20H20F2N2OS/c1-3-25-17-7-5-15(6-8-17)20-23-16(13-26-20)12-24(2)11-14-4-9-18(21)19(22)10-14/h4-10,13H,3,11-12H2,1-2H3. The maximum atomic E-state index is 13.3. The quantitative estimate of drug-likeness (QED) is 0.574. The molecule has 26 heavy (non-hydrogen) atoms. The summed E-state index contributed by atoms with van der Waals surface area (Å²) in [5, 5.41) is 2.97. The molecule has 0 fully saturated rings. The van der Waals surface area contributed by atoms with Gasteiger partial charge in [0.25, 0.3) is 0 Å². The third-order valence-corrected chi connectivity index (χ3v) is 4.77. The summed E-state index contributed by atoms with van der Waals surface area (Å²) in [5.74, 6) is -0.794. The SMILES string of the molecule is CCOc1ccc(-c2nc(CN(C)Cc3ccc(F)c(F)c3)cs2)cc1. The van der Waals surface area contributed by atoms with Crippen molar-refractivity contribution in [3.63, 3.8) is 0 Å². The van der Waals surface area contributed by atoms with E-state index >= 15 is 0 Å². The Morgan fingerprint density at radius 2 is 1.81 bits per heavy atom. The van der Waals surface area contributed by atoms with Gasteiger partial charge in [0.1, 0.15) is 10.8 Å². The third kappa shape index (κ3) is 4.65. The lowest BCUT2D eigenvalue weighted by Gasteiger charge is -2.15. The summed E-state index contributed by atoms with van der Waals surface area (Å²) < 4.78 is 31.8. The Hall–Kier alpha value is -2.31. The first-order chi connectivity index (χ1) is 12.5. The van der Waals surface area contributed by atoms with E-state index < -0.39 is 11.6 Å². The van der Waals surface area contributed by atoms with Gasteiger partial charge in [-0.15, -0.1) is 11.3 Å². The molecule has 1 aromatic heterocycles. The van der Waals surface area contributed by atoms with E-state index in [4.69, 9.17) is 4.74 Å². The number of rotatable bonds is 7. The zero-order chi connectivity index (χ0) is 18.5. The Kier molecular flexibility index (Phi) is 5.96. The first kappa shape index (κ1) is 18.5. The summed E-state index contributed by atoms with van der Waals surface area (Å²) in [7, 11) is 1.93. The highest BCUT2D eigenvalue weighted by atomic mass is 32.1. The van der Waals surface area contributed by atoms with Gasteiger partial charge < -0.3 is 4.74 Å². The van der Waals surface area contributed by atoms with Crippen molar-refractivity contribution >= 4 is 11.3 Å². The van der Waals surface area contributed by atoms with Crippen molar-refractivity contribution in [2.45, 2.75) is 20.0 Å². The highest BCUT2D eigenvalue weighted by Gasteiger charge is 2.09. The number of thiazole rings is 1. The number of nitrogens with zero attached hydrogens (tertiary/aromatic N) is 2. The van der Waals surface area contributed by atoms with Crippen LogP contribution in [0.15, 0.2) is 47.8 Å². The van der Waals surface area contributed by atoms with Crippen molar-refractivity contribution in [1.29, 1.82) is 0 Å². The third-order valence-electron chi connectivity index (χ3n) is 3.83. The van der Waals surface area contributed by atoms with E-state index in [2.05, 4.69) is 4.98 Å². The lowest BCUT2D eigenvalue weighted by molar-refractivity contribution is 0.315. The number of hydrogen-bond acceptors (Lipinski definition) is 4. The maximum Gasteiger partial charge on any atom is 0.159 e. The smallest absolute Gasteiger partial charge is 0.159 e. The summed E-state index contributed by atoms with van der Waals surface area (Å²) in [4.78, 5) is 6.69. The Balaban J connectivity index is 1.63. The van der Waals surface area contributed by atoms with Crippen LogP contribution in [0.25, 0.3) is 10.6 Å². The maximum absolute atomic E-state index is 13.3. The van der Waals surface area contributed by atoms with Gasteiger partial charge in [-0.25, -0.2) is 13.8 Å². The van der Waals surface area contributed by atoms with E-state index in [9.17, 15) is 8.78 Å². The molecule has 0 saturated heterocycles. The fourth-order valence-corrected chi connectivity index (χ4v) is 3.47. The summed E-state index contributed by atoms with van der Waals surface area (Å²) in [6, 6.07) is 11.9. The second-order valence-corrected chi connectivity index (χ2v) is 6.88. The van der Waals surface area contributed by atoms with Crippen molar-refractivity contribution in [1.82, 2.24) is 9.88 Å². The van der Waals surface area contributed by atoms with Crippen LogP contribution in [-0.2, 0) is 13.1 Å². The van der Waals surface area contributed by atoms with Gasteiger partial charge in [0.2, 0.25) is 0 Å². The van der Waals surface area contributed by atoms with E-state index in [0.29, 0.717) is 19.7 Å². The largest absolute Gasteiger partial charge is 0.494 e. The summed E-state index contributed by atoms with van der Waals surface area (Å²) in [6.45, 7) is 3.75. The number of aromatic nitrogens is 1. The van der Waals surface area contributed by atoms with Crippen LogP contribution in [-0.4, -0.2) is 23.5 Å². The minimum Gasteiger partial charge on any atom is -0.494 e. The molecule has 2 aromatic carbocycles. The monoisotopic (exact) mass is 374 g/mol. The molecule has 0 spiro atoms. The fraction of sp³-hybridized carbons (Fsp3) is 0.250. The molecule has 6 heteroatoms. The molecule has 0 aliphatic heterocycles. The van der Waals surface area contributed by atoms with Crippen LogP contribution in [0, 0.1) is 11.6 Å². The van der Waals surface area contributed by atoms with Crippen molar-refractivity contribution in [2.24, 2.45) is 0 Å². The van der Waals surface area contributed by atoms with Crippen LogP contribution in [0.4, 0.5) is 8.78 Å². The molecule has 3 aromatic rings. The lowest BCUT2D eigenvalue weighted by Crippen LogP contribution is -2.17. The van der Waals surface area contributed by atoms with Crippen molar-refractivity contribution in [3.8, 4) is 16.3 Å². The second kappa shape index (κ2) is 8.38. The van der Waals surface area contributed by atoms with Crippen LogP contribution >= 0.6 is 11.3 Å². The van der Waals surface area contributed by atoms with Gasteiger partial charge in [0.05, 0.1) is 12.3 Å². The summed E-state index contributed by atoms with van der Waals surface area (Å²) in [6.07, 6.45) is 0. The lowest BCUT2D eigenvalue weighted by atomic mass is 10.2. The van der Waals surface area contributed by atoms with Crippen LogP contribution in [0.5, 0.6) is 5.75 Å². The van der Waals surface area contributed by atoms with Crippen molar-refractivity contribution < 1.29 is 13.5 Å². The van der Waals surface area contributed by atoms with Gasteiger partial charge >= 0.3 is 0 Å². The zero-order valence-electron chi connectivity index (χ0n) is 14.7. The van der Waals surface area contributed by atoms with Gasteiger partial charge in [-0.05, 0) is 55.9 Å². The van der Waals surface area contributed by atoms with E-state index in [1.54, 1.807) is 17.4 Å². The average Bonchev–Trinajstić information content (AvgIpc) is 3.07. The van der Waals surface area contributed by atoms with Crippen molar-refractivity contribution in [3.05, 3.63) is 70.7 Å². The summed E-state index contributed by atoms with van der Waals surface area (Å²) in [5.41, 5.74) is 2.73. The molecule has 0 aliphatic carbocycles. The van der Waals surface area contributed by atoms with Gasteiger partial charge in [-0.1, -0.05) is 6.07 Å². The minimum atomic E-state index is -0.823. The molecule has 0 unspecified atom stereocenters. The molecule has 136 valence electrons. The number of ether oxygens (including phenoxy) is 1. The Morgan fingerprint density at radius 1 is 1.04 bits per heavy atom. The molecule has 1 heterocycles. The van der Waals surface area contributed by atoms with Gasteiger partial charge in [-0.3, -0.25) is 4.90 Å². The molecule has 0 saturated carbocycles. The Bertz CT molecular complexity index is 865. The Morgan fingerprint density at radius 3 is 2.50 bits per heavy atom. The van der Waals surface area contributed by atoms with Crippen molar-refractivity contribution in [2.75, 3.05) is 13.7 Å². The van der Waals surface area contributed by atoms with Crippen LogP contribution in [0.1, 0.15) is 18.2 Å². The molecule has 0 atom stereocenters. The number of hydrogen-bond donors (Lipinski definition) is 0. The molecule has 3 nitrogen and oxygen atoms in total. The van der Waals surface area contributed by atoms with Crippen LogP contribution in [0.3, 0.4) is 0 Å². The molecule has 0 bridgehead atoms. The molecular weight excluding hydrogens is 354 g/mol. The highest BCUT2D eigenvalue weighted by molar-refractivity contribution is 7.13. The molecule has 0 N–H and O–H groups in total. The topological polar surface area (TPSA) is 25.4 Å². The zero-order valence-corrected chi connectivity index (χ0v) is 15.5. The van der Waals surface area contributed by atoms with Crippen LogP contribution < -0.4 is 4.74 Å². The summed E-state index contributed by atoms with van der Waals surface area (Å²) >= 11 is 1.59.